The minimum atomic E-state index is -0.728. The first-order valence-corrected chi connectivity index (χ1v) is 10.1. The molecule has 0 aliphatic carbocycles. The number of phenolic OH excluding ortho intramolecular Hbond substituents is 1. The molecule has 30 heavy (non-hydrogen) atoms. The highest BCUT2D eigenvalue weighted by molar-refractivity contribution is 6.21. The van der Waals surface area contributed by atoms with Crippen LogP contribution >= 0.6 is 11.6 Å². The Morgan fingerprint density at radius 3 is 1.90 bits per heavy atom. The number of ether oxygens (including phenoxy) is 3. The monoisotopic (exact) mass is 430 g/mol. The minimum absolute atomic E-state index is 0.103. The van der Waals surface area contributed by atoms with Gasteiger partial charge >= 0.3 is 0 Å². The number of hydrogen-bond acceptors (Lipinski definition) is 4. The van der Waals surface area contributed by atoms with Gasteiger partial charge in [0.25, 0.3) is 0 Å². The van der Waals surface area contributed by atoms with Gasteiger partial charge in [0.2, 0.25) is 0 Å². The first kappa shape index (κ1) is 22.1. The Morgan fingerprint density at radius 2 is 1.33 bits per heavy atom. The third kappa shape index (κ3) is 6.73. The Balaban J connectivity index is 1.61. The van der Waals surface area contributed by atoms with E-state index in [9.17, 15) is 9.50 Å². The molecule has 2 atom stereocenters. The largest absolute Gasteiger partial charge is 0.504 e. The van der Waals surface area contributed by atoms with Crippen molar-refractivity contribution in [3.63, 3.8) is 0 Å². The molecule has 0 aromatic heterocycles. The van der Waals surface area contributed by atoms with Gasteiger partial charge in [-0.25, -0.2) is 4.39 Å². The summed E-state index contributed by atoms with van der Waals surface area (Å²) in [6.07, 6.45) is -0.728. The molecule has 0 saturated heterocycles. The Hall–Kier alpha value is -2.60. The van der Waals surface area contributed by atoms with Crippen LogP contribution in [0.2, 0.25) is 0 Å². The second kappa shape index (κ2) is 11.6. The zero-order valence-electron chi connectivity index (χ0n) is 16.4. The highest BCUT2D eigenvalue weighted by Crippen LogP contribution is 2.30. The van der Waals surface area contributed by atoms with Crippen molar-refractivity contribution in [3.05, 3.63) is 95.8 Å². The summed E-state index contributed by atoms with van der Waals surface area (Å²) in [6, 6.07) is 23.3. The summed E-state index contributed by atoms with van der Waals surface area (Å²) in [7, 11) is 0. The lowest BCUT2D eigenvalue weighted by atomic mass is 10.2. The fourth-order valence-corrected chi connectivity index (χ4v) is 3.03. The van der Waals surface area contributed by atoms with Gasteiger partial charge in [-0.3, -0.25) is 0 Å². The van der Waals surface area contributed by atoms with Gasteiger partial charge in [-0.05, 0) is 23.3 Å². The van der Waals surface area contributed by atoms with Crippen LogP contribution in [0, 0.1) is 5.82 Å². The van der Waals surface area contributed by atoms with Gasteiger partial charge in [0.05, 0.1) is 31.8 Å². The van der Waals surface area contributed by atoms with Gasteiger partial charge in [0.1, 0.15) is 6.10 Å². The predicted octanol–water partition coefficient (Wildman–Crippen LogP) is 5.32. The summed E-state index contributed by atoms with van der Waals surface area (Å²) in [4.78, 5) is 0. The average Bonchev–Trinajstić information content (AvgIpc) is 2.76. The molecule has 0 heterocycles. The van der Waals surface area contributed by atoms with Crippen LogP contribution < -0.4 is 4.74 Å². The quantitative estimate of drug-likeness (QED) is 0.418. The summed E-state index contributed by atoms with van der Waals surface area (Å²) in [5, 5.41) is 9.35. The molecule has 0 aliphatic rings. The minimum Gasteiger partial charge on any atom is -0.504 e. The number of phenols is 1. The van der Waals surface area contributed by atoms with E-state index in [-0.39, 0.29) is 24.7 Å². The van der Waals surface area contributed by atoms with E-state index in [1.54, 1.807) is 0 Å². The highest BCUT2D eigenvalue weighted by atomic mass is 35.5. The number of benzene rings is 3. The summed E-state index contributed by atoms with van der Waals surface area (Å²) < 4.78 is 31.3. The van der Waals surface area contributed by atoms with Gasteiger partial charge in [0, 0.05) is 0 Å². The smallest absolute Gasteiger partial charge is 0.197 e. The number of rotatable bonds is 11. The van der Waals surface area contributed by atoms with Gasteiger partial charge < -0.3 is 19.3 Å². The van der Waals surface area contributed by atoms with Crippen molar-refractivity contribution in [3.8, 4) is 11.5 Å². The molecular weight excluding hydrogens is 407 g/mol. The average molecular weight is 431 g/mol. The van der Waals surface area contributed by atoms with E-state index in [1.165, 1.54) is 18.2 Å². The lowest BCUT2D eigenvalue weighted by molar-refractivity contribution is 0.0171. The first-order chi connectivity index (χ1) is 14.6. The summed E-state index contributed by atoms with van der Waals surface area (Å²) in [6.45, 7) is 1.03. The standard InChI is InChI=1S/C24H24ClFO4/c25-20(16-28-14-18-8-3-1-4-9-18)23(17-29-15-19-10-5-2-6-11-19)30-24-21(26)12-7-13-22(24)27/h1-13,20,23,27H,14-17H2/t20-,23?/m0/s1. The van der Waals surface area contributed by atoms with Crippen molar-refractivity contribution >= 4 is 11.6 Å². The molecule has 4 nitrogen and oxygen atoms in total. The van der Waals surface area contributed by atoms with Crippen LogP contribution in [0.25, 0.3) is 0 Å². The molecule has 0 radical (unpaired) electrons. The van der Waals surface area contributed by atoms with Crippen LogP contribution in [0.1, 0.15) is 11.1 Å². The fourth-order valence-electron chi connectivity index (χ4n) is 2.82. The van der Waals surface area contributed by atoms with Crippen molar-refractivity contribution in [1.82, 2.24) is 0 Å². The zero-order valence-corrected chi connectivity index (χ0v) is 17.2. The number of hydrogen-bond donors (Lipinski definition) is 1. The molecule has 3 rings (SSSR count). The van der Waals surface area contributed by atoms with E-state index < -0.39 is 17.3 Å². The Bertz CT molecular complexity index is 872. The molecule has 0 fully saturated rings. The van der Waals surface area contributed by atoms with Crippen molar-refractivity contribution in [2.24, 2.45) is 0 Å². The van der Waals surface area contributed by atoms with Crippen LogP contribution in [0.15, 0.2) is 78.9 Å². The molecule has 1 unspecified atom stereocenters. The van der Waals surface area contributed by atoms with Crippen molar-refractivity contribution in [2.45, 2.75) is 24.7 Å². The van der Waals surface area contributed by atoms with Gasteiger partial charge in [-0.15, -0.1) is 11.6 Å². The maximum Gasteiger partial charge on any atom is 0.197 e. The van der Waals surface area contributed by atoms with Crippen LogP contribution in [-0.2, 0) is 22.7 Å². The molecule has 158 valence electrons. The van der Waals surface area contributed by atoms with Crippen LogP contribution in [0.4, 0.5) is 4.39 Å². The van der Waals surface area contributed by atoms with Gasteiger partial charge in [0.15, 0.2) is 17.3 Å². The van der Waals surface area contributed by atoms with E-state index in [4.69, 9.17) is 25.8 Å². The molecule has 0 spiro atoms. The molecule has 0 amide bonds. The fraction of sp³-hybridized carbons (Fsp3) is 0.250. The summed E-state index contributed by atoms with van der Waals surface area (Å²) in [5.41, 5.74) is 2.02. The highest BCUT2D eigenvalue weighted by Gasteiger charge is 2.25. The molecule has 6 heteroatoms. The summed E-state index contributed by atoms with van der Waals surface area (Å²) in [5.74, 6) is -1.21. The molecular formula is C24H24ClFO4. The maximum absolute atomic E-state index is 14.1. The Labute approximate surface area is 180 Å². The number of alkyl halides is 1. The molecule has 0 saturated carbocycles. The molecule has 1 N–H and O–H groups in total. The number of para-hydroxylation sites is 1. The number of aromatic hydroxyl groups is 1. The molecule has 3 aromatic carbocycles. The normalized spacial score (nSPS) is 13.0. The lowest BCUT2D eigenvalue weighted by Crippen LogP contribution is -2.36. The van der Waals surface area contributed by atoms with E-state index in [0.29, 0.717) is 13.2 Å². The van der Waals surface area contributed by atoms with E-state index >= 15 is 0 Å². The van der Waals surface area contributed by atoms with E-state index in [2.05, 4.69) is 0 Å². The SMILES string of the molecule is Oc1cccc(F)c1OC(COCc1ccccc1)[C@@H](Cl)COCc1ccccc1. The van der Waals surface area contributed by atoms with E-state index in [0.717, 1.165) is 11.1 Å². The number of halogens is 2. The zero-order chi connectivity index (χ0) is 21.2. The predicted molar refractivity (Wildman–Crippen MR) is 114 cm³/mol. The lowest BCUT2D eigenvalue weighted by Gasteiger charge is -2.24. The Kier molecular flexibility index (Phi) is 8.51. The van der Waals surface area contributed by atoms with Crippen LogP contribution in [-0.4, -0.2) is 29.8 Å². The first-order valence-electron chi connectivity index (χ1n) is 9.65. The third-order valence-corrected chi connectivity index (χ3v) is 4.81. The maximum atomic E-state index is 14.1. The molecule has 0 bridgehead atoms. The van der Waals surface area contributed by atoms with Crippen molar-refractivity contribution < 1.29 is 23.7 Å². The third-order valence-electron chi connectivity index (χ3n) is 4.40. The Morgan fingerprint density at radius 1 is 0.767 bits per heavy atom. The topological polar surface area (TPSA) is 47.9 Å². The second-order valence-corrected chi connectivity index (χ2v) is 7.32. The molecule has 3 aromatic rings. The van der Waals surface area contributed by atoms with Crippen LogP contribution in [0.3, 0.4) is 0 Å². The molecule has 0 aliphatic heterocycles. The second-order valence-electron chi connectivity index (χ2n) is 6.76. The van der Waals surface area contributed by atoms with Crippen molar-refractivity contribution in [1.29, 1.82) is 0 Å². The van der Waals surface area contributed by atoms with E-state index in [1.807, 2.05) is 60.7 Å². The van der Waals surface area contributed by atoms with Crippen molar-refractivity contribution in [2.75, 3.05) is 13.2 Å². The summed E-state index contributed by atoms with van der Waals surface area (Å²) >= 11 is 6.52. The van der Waals surface area contributed by atoms with Gasteiger partial charge in [-0.2, -0.15) is 0 Å². The van der Waals surface area contributed by atoms with Crippen LogP contribution in [0.5, 0.6) is 11.5 Å². The van der Waals surface area contributed by atoms with Gasteiger partial charge in [-0.1, -0.05) is 66.7 Å².